The molecule has 1 saturated carbocycles. The molecule has 2 aliphatic heterocycles. The highest BCUT2D eigenvalue weighted by Crippen LogP contribution is 2.26. The number of guanidine groups is 1. The average molecular weight is 506 g/mol. The van der Waals surface area contributed by atoms with Gasteiger partial charge in [-0.25, -0.2) is 0 Å². The van der Waals surface area contributed by atoms with Crippen LogP contribution in [0.15, 0.2) is 4.99 Å². The van der Waals surface area contributed by atoms with Gasteiger partial charge < -0.3 is 16.0 Å². The first-order chi connectivity index (χ1) is 13.2. The molecule has 0 aromatic rings. The molecule has 2 heterocycles. The summed E-state index contributed by atoms with van der Waals surface area (Å²) in [5.41, 5.74) is 6.03. The number of aliphatic imine (C=N–C) groups is 1. The van der Waals surface area contributed by atoms with Gasteiger partial charge in [0.15, 0.2) is 5.96 Å². The number of nitrogens with two attached hydrogens (primary N) is 1. The maximum absolute atomic E-state index is 12.5. The number of hydrogen-bond donors (Lipinski definition) is 2. The molecule has 2 saturated heterocycles. The predicted molar refractivity (Wildman–Crippen MR) is 125 cm³/mol. The van der Waals surface area contributed by atoms with Crippen molar-refractivity contribution in [2.75, 3.05) is 58.9 Å². The number of hydrogen-bond acceptors (Lipinski definition) is 4. The van der Waals surface area contributed by atoms with E-state index in [-0.39, 0.29) is 24.0 Å². The van der Waals surface area contributed by atoms with E-state index in [1.54, 1.807) is 0 Å². The minimum Gasteiger partial charge on any atom is -0.370 e. The lowest BCUT2D eigenvalue weighted by Gasteiger charge is -2.36. The van der Waals surface area contributed by atoms with Gasteiger partial charge in [-0.2, -0.15) is 0 Å². The number of amides is 1. The van der Waals surface area contributed by atoms with Gasteiger partial charge in [0.05, 0.1) is 6.54 Å². The minimum atomic E-state index is 0. The van der Waals surface area contributed by atoms with Gasteiger partial charge in [-0.05, 0) is 38.8 Å². The fourth-order valence-corrected chi connectivity index (χ4v) is 4.74. The van der Waals surface area contributed by atoms with Crippen LogP contribution in [0.1, 0.15) is 45.4 Å². The van der Waals surface area contributed by atoms with Crippen LogP contribution in [0.3, 0.4) is 0 Å². The van der Waals surface area contributed by atoms with E-state index in [9.17, 15) is 4.79 Å². The summed E-state index contributed by atoms with van der Waals surface area (Å²) in [6.45, 7) is 10.7. The Morgan fingerprint density at radius 2 is 1.79 bits per heavy atom. The largest absolute Gasteiger partial charge is 0.370 e. The molecule has 0 aromatic carbocycles. The maximum Gasteiger partial charge on any atom is 0.225 e. The standard InChI is InChI=1S/C20H38N6O.HI/c1-2-25-10-5-8-18(25)16-23-20(21)22-9-11-24-12-14-26(15-13-24)19(27)17-6-3-4-7-17;/h17-18H,2-16H2,1H3,(H3,21,22,23);1H. The van der Waals surface area contributed by atoms with Crippen molar-refractivity contribution in [1.29, 1.82) is 0 Å². The summed E-state index contributed by atoms with van der Waals surface area (Å²) in [7, 11) is 0. The third-order valence-electron chi connectivity index (χ3n) is 6.50. The highest BCUT2D eigenvalue weighted by atomic mass is 127. The van der Waals surface area contributed by atoms with Crippen LogP contribution in [0.4, 0.5) is 0 Å². The third kappa shape index (κ3) is 6.73. The number of halogens is 1. The number of likely N-dealkylation sites (tertiary alicyclic amines) is 1. The second-order valence-electron chi connectivity index (χ2n) is 8.23. The molecule has 8 heteroatoms. The quantitative estimate of drug-likeness (QED) is 0.310. The molecule has 0 aromatic heterocycles. The summed E-state index contributed by atoms with van der Waals surface area (Å²) < 4.78 is 0. The van der Waals surface area contributed by atoms with Crippen LogP contribution >= 0.6 is 24.0 Å². The smallest absolute Gasteiger partial charge is 0.225 e. The van der Waals surface area contributed by atoms with E-state index in [0.29, 0.717) is 23.8 Å². The molecule has 7 nitrogen and oxygen atoms in total. The van der Waals surface area contributed by atoms with Gasteiger partial charge in [0.1, 0.15) is 0 Å². The molecule has 0 bridgehead atoms. The van der Waals surface area contributed by atoms with E-state index in [2.05, 4.69) is 31.9 Å². The summed E-state index contributed by atoms with van der Waals surface area (Å²) in [5.74, 6) is 1.26. The normalized spacial score (nSPS) is 25.1. The van der Waals surface area contributed by atoms with Gasteiger partial charge in [0, 0.05) is 51.2 Å². The maximum atomic E-state index is 12.5. The Kier molecular flexibility index (Phi) is 10.3. The number of nitrogens with zero attached hydrogens (tertiary/aromatic N) is 4. The summed E-state index contributed by atoms with van der Waals surface area (Å²) in [6, 6.07) is 0.556. The van der Waals surface area contributed by atoms with Crippen LogP contribution in [-0.2, 0) is 4.79 Å². The molecule has 3 fully saturated rings. The van der Waals surface area contributed by atoms with Gasteiger partial charge in [-0.1, -0.05) is 19.8 Å². The van der Waals surface area contributed by atoms with Crippen LogP contribution < -0.4 is 11.1 Å². The summed E-state index contributed by atoms with van der Waals surface area (Å²) in [4.78, 5) is 24.0. The minimum absolute atomic E-state index is 0. The van der Waals surface area contributed by atoms with E-state index in [1.807, 2.05) is 0 Å². The summed E-state index contributed by atoms with van der Waals surface area (Å²) in [5, 5.41) is 3.25. The molecule has 3 rings (SSSR count). The Morgan fingerprint density at radius 3 is 2.46 bits per heavy atom. The molecule has 0 radical (unpaired) electrons. The molecule has 1 atom stereocenters. The van der Waals surface area contributed by atoms with E-state index >= 15 is 0 Å². The van der Waals surface area contributed by atoms with Crippen molar-refractivity contribution >= 4 is 35.8 Å². The van der Waals surface area contributed by atoms with Crippen molar-refractivity contribution in [2.45, 2.75) is 51.5 Å². The molecule has 28 heavy (non-hydrogen) atoms. The zero-order valence-electron chi connectivity index (χ0n) is 17.4. The lowest BCUT2D eigenvalue weighted by Crippen LogP contribution is -2.51. The Bertz CT molecular complexity index is 503. The Hall–Kier alpha value is -0.610. The molecule has 3 N–H and O–H groups in total. The van der Waals surface area contributed by atoms with Crippen molar-refractivity contribution in [1.82, 2.24) is 20.0 Å². The zero-order chi connectivity index (χ0) is 19.1. The van der Waals surface area contributed by atoms with Crippen molar-refractivity contribution in [3.63, 3.8) is 0 Å². The van der Waals surface area contributed by atoms with Gasteiger partial charge in [-0.3, -0.25) is 19.6 Å². The molecular weight excluding hydrogens is 467 g/mol. The molecule has 1 amide bonds. The second-order valence-corrected chi connectivity index (χ2v) is 8.23. The number of piperazine rings is 1. The fraction of sp³-hybridized carbons (Fsp3) is 0.900. The van der Waals surface area contributed by atoms with Gasteiger partial charge >= 0.3 is 0 Å². The SMILES string of the molecule is CCN1CCCC1CN=C(N)NCCN1CCN(C(=O)C2CCCC2)CC1.I. The first kappa shape index (κ1) is 23.7. The Balaban J connectivity index is 0.00000280. The van der Waals surface area contributed by atoms with Crippen molar-refractivity contribution in [3.05, 3.63) is 0 Å². The van der Waals surface area contributed by atoms with Crippen LogP contribution in [-0.4, -0.2) is 91.5 Å². The Morgan fingerprint density at radius 1 is 1.07 bits per heavy atom. The van der Waals surface area contributed by atoms with Crippen LogP contribution in [0, 0.1) is 5.92 Å². The monoisotopic (exact) mass is 506 g/mol. The van der Waals surface area contributed by atoms with Gasteiger partial charge in [0.25, 0.3) is 0 Å². The predicted octanol–water partition coefficient (Wildman–Crippen LogP) is 1.33. The lowest BCUT2D eigenvalue weighted by atomic mass is 10.1. The molecule has 0 spiro atoms. The van der Waals surface area contributed by atoms with Gasteiger partial charge in [-0.15, -0.1) is 24.0 Å². The first-order valence-electron chi connectivity index (χ1n) is 11.0. The van der Waals surface area contributed by atoms with Gasteiger partial charge in [0.2, 0.25) is 5.91 Å². The second kappa shape index (κ2) is 12.2. The van der Waals surface area contributed by atoms with Crippen molar-refractivity contribution in [3.8, 4) is 0 Å². The molecule has 3 aliphatic rings. The van der Waals surface area contributed by atoms with E-state index in [1.165, 1.54) is 32.2 Å². The Labute approximate surface area is 187 Å². The van der Waals surface area contributed by atoms with E-state index in [0.717, 1.165) is 65.2 Å². The average Bonchev–Trinajstić information content (AvgIpc) is 3.38. The van der Waals surface area contributed by atoms with Crippen LogP contribution in [0.5, 0.6) is 0 Å². The number of carbonyl (C=O) groups excluding carboxylic acids is 1. The molecule has 1 aliphatic carbocycles. The van der Waals surface area contributed by atoms with E-state index in [4.69, 9.17) is 5.73 Å². The highest BCUT2D eigenvalue weighted by Gasteiger charge is 2.29. The number of likely N-dealkylation sites (N-methyl/N-ethyl adjacent to an activating group) is 1. The lowest BCUT2D eigenvalue weighted by molar-refractivity contribution is -0.137. The van der Waals surface area contributed by atoms with Crippen LogP contribution in [0.2, 0.25) is 0 Å². The van der Waals surface area contributed by atoms with E-state index < -0.39 is 0 Å². The fourth-order valence-electron chi connectivity index (χ4n) is 4.74. The highest BCUT2D eigenvalue weighted by molar-refractivity contribution is 14.0. The molecular formula is C20H39IN6O. The third-order valence-corrected chi connectivity index (χ3v) is 6.50. The van der Waals surface area contributed by atoms with Crippen molar-refractivity contribution in [2.24, 2.45) is 16.6 Å². The number of rotatable bonds is 7. The number of carbonyl (C=O) groups is 1. The first-order valence-corrected chi connectivity index (χ1v) is 11.0. The zero-order valence-corrected chi connectivity index (χ0v) is 19.8. The number of nitrogens with one attached hydrogen (secondary N) is 1. The topological polar surface area (TPSA) is 77.2 Å². The summed E-state index contributed by atoms with van der Waals surface area (Å²) >= 11 is 0. The molecule has 162 valence electrons. The molecule has 1 unspecified atom stereocenters. The van der Waals surface area contributed by atoms with Crippen LogP contribution in [0.25, 0.3) is 0 Å². The summed E-state index contributed by atoms with van der Waals surface area (Å²) in [6.07, 6.45) is 7.15. The van der Waals surface area contributed by atoms with Crippen molar-refractivity contribution < 1.29 is 4.79 Å².